The number of rotatable bonds is 5. The zero-order valence-corrected chi connectivity index (χ0v) is 15.6. The van der Waals surface area contributed by atoms with Crippen molar-refractivity contribution in [2.75, 3.05) is 17.7 Å². The lowest BCUT2D eigenvalue weighted by Gasteiger charge is -2.17. The van der Waals surface area contributed by atoms with E-state index in [9.17, 15) is 9.59 Å². The summed E-state index contributed by atoms with van der Waals surface area (Å²) in [7, 11) is 1.33. The zero-order valence-electron chi connectivity index (χ0n) is 14.8. The van der Waals surface area contributed by atoms with E-state index in [0.29, 0.717) is 16.4 Å². The molecule has 0 radical (unpaired) electrons. The van der Waals surface area contributed by atoms with Gasteiger partial charge in [0, 0.05) is 11.4 Å². The number of amides is 1. The van der Waals surface area contributed by atoms with Crippen molar-refractivity contribution in [3.63, 3.8) is 0 Å². The smallest absolute Gasteiger partial charge is 0.337 e. The molecule has 0 bridgehead atoms. The van der Waals surface area contributed by atoms with E-state index in [1.54, 1.807) is 31.2 Å². The number of carbonyl (C=O) groups excluding carboxylic acids is 2. The lowest BCUT2D eigenvalue weighted by molar-refractivity contribution is -0.117. The number of hydrogen-bond donors (Lipinski definition) is 3. The highest BCUT2D eigenvalue weighted by Crippen LogP contribution is 2.13. The number of esters is 1. The van der Waals surface area contributed by atoms with E-state index in [2.05, 4.69) is 20.7 Å². The third-order valence-corrected chi connectivity index (χ3v) is 3.93. The van der Waals surface area contributed by atoms with Crippen molar-refractivity contribution in [2.45, 2.75) is 19.9 Å². The fourth-order valence-electron chi connectivity index (χ4n) is 2.19. The summed E-state index contributed by atoms with van der Waals surface area (Å²) < 4.78 is 4.65. The van der Waals surface area contributed by atoms with Gasteiger partial charge in [0.05, 0.1) is 12.7 Å². The normalized spacial score (nSPS) is 11.2. The molecule has 3 N–H and O–H groups in total. The molecule has 0 saturated heterocycles. The molecule has 6 nitrogen and oxygen atoms in total. The molecule has 1 atom stereocenters. The fraction of sp³-hybridized carbons (Fsp3) is 0.211. The first-order chi connectivity index (χ1) is 12.4. The van der Waals surface area contributed by atoms with E-state index in [0.717, 1.165) is 11.3 Å². The van der Waals surface area contributed by atoms with Crippen molar-refractivity contribution in [2.24, 2.45) is 0 Å². The molecule has 2 rings (SSSR count). The molecule has 0 saturated carbocycles. The number of methoxy groups -OCH3 is 1. The highest BCUT2D eigenvalue weighted by Gasteiger charge is 2.15. The van der Waals surface area contributed by atoms with Crippen molar-refractivity contribution in [3.05, 3.63) is 59.7 Å². The van der Waals surface area contributed by atoms with Crippen molar-refractivity contribution < 1.29 is 14.3 Å². The molecule has 7 heteroatoms. The highest BCUT2D eigenvalue weighted by atomic mass is 32.1. The molecule has 0 aliphatic heterocycles. The topological polar surface area (TPSA) is 79.5 Å². The second kappa shape index (κ2) is 8.96. The van der Waals surface area contributed by atoms with Crippen LogP contribution < -0.4 is 16.0 Å². The molecule has 0 heterocycles. The van der Waals surface area contributed by atoms with Gasteiger partial charge in [-0.05, 0) is 62.0 Å². The quantitative estimate of drug-likeness (QED) is 0.554. The minimum atomic E-state index is -0.524. The summed E-state index contributed by atoms with van der Waals surface area (Å²) in [5.41, 5.74) is 2.90. The Morgan fingerprint density at radius 3 is 2.31 bits per heavy atom. The maximum absolute atomic E-state index is 12.3. The molecule has 2 aromatic rings. The van der Waals surface area contributed by atoms with Gasteiger partial charge in [-0.1, -0.05) is 18.2 Å². The lowest BCUT2D eigenvalue weighted by atomic mass is 10.2. The Bertz CT molecular complexity index is 806. The third-order valence-electron chi connectivity index (χ3n) is 3.71. The van der Waals surface area contributed by atoms with Gasteiger partial charge in [-0.15, -0.1) is 0 Å². The van der Waals surface area contributed by atoms with Crippen LogP contribution in [0.2, 0.25) is 0 Å². The highest BCUT2D eigenvalue weighted by molar-refractivity contribution is 7.80. The van der Waals surface area contributed by atoms with E-state index >= 15 is 0 Å². The number of ether oxygens (including phenoxy) is 1. The van der Waals surface area contributed by atoms with Gasteiger partial charge in [0.25, 0.3) is 0 Å². The van der Waals surface area contributed by atoms with Gasteiger partial charge in [-0.25, -0.2) is 4.79 Å². The van der Waals surface area contributed by atoms with Crippen molar-refractivity contribution in [1.82, 2.24) is 5.32 Å². The third kappa shape index (κ3) is 5.29. The average Bonchev–Trinajstić information content (AvgIpc) is 2.63. The summed E-state index contributed by atoms with van der Waals surface area (Å²) in [5.74, 6) is -0.594. The molecule has 0 spiro atoms. The first-order valence-electron chi connectivity index (χ1n) is 8.03. The van der Waals surface area contributed by atoms with Crippen LogP contribution in [0.25, 0.3) is 0 Å². The molecule has 0 fully saturated rings. The molecule has 0 aliphatic rings. The van der Waals surface area contributed by atoms with Gasteiger partial charge in [0.1, 0.15) is 6.04 Å². The molecule has 0 aromatic heterocycles. The summed E-state index contributed by atoms with van der Waals surface area (Å²) in [4.78, 5) is 23.7. The monoisotopic (exact) mass is 371 g/mol. The minimum Gasteiger partial charge on any atom is -0.465 e. The summed E-state index contributed by atoms with van der Waals surface area (Å²) in [5, 5.41) is 9.08. The van der Waals surface area contributed by atoms with Crippen molar-refractivity contribution in [1.29, 1.82) is 0 Å². The number of carbonyl (C=O) groups is 2. The van der Waals surface area contributed by atoms with Crippen LogP contribution in [0.5, 0.6) is 0 Å². The van der Waals surface area contributed by atoms with Crippen molar-refractivity contribution in [3.8, 4) is 0 Å². The summed E-state index contributed by atoms with van der Waals surface area (Å²) in [6.45, 7) is 3.65. The van der Waals surface area contributed by atoms with E-state index in [-0.39, 0.29) is 5.91 Å². The maximum atomic E-state index is 12.3. The molecule has 1 amide bonds. The SMILES string of the molecule is COC(=O)c1ccc(NC(=S)NC(C)C(=O)Nc2ccccc2C)cc1. The van der Waals surface area contributed by atoms with Crippen LogP contribution in [0.15, 0.2) is 48.5 Å². The second-order valence-corrected chi connectivity index (χ2v) is 6.10. The first-order valence-corrected chi connectivity index (χ1v) is 8.44. The molecule has 2 aromatic carbocycles. The average molecular weight is 371 g/mol. The minimum absolute atomic E-state index is 0.190. The van der Waals surface area contributed by atoms with E-state index in [1.807, 2.05) is 31.2 Å². The molecular weight excluding hydrogens is 350 g/mol. The van der Waals surface area contributed by atoms with Crippen LogP contribution >= 0.6 is 12.2 Å². The molecular formula is C19H21N3O3S. The predicted molar refractivity (Wildman–Crippen MR) is 106 cm³/mol. The second-order valence-electron chi connectivity index (χ2n) is 5.69. The van der Waals surface area contributed by atoms with Crippen LogP contribution in [0.1, 0.15) is 22.8 Å². The van der Waals surface area contributed by atoms with Crippen molar-refractivity contribution >= 4 is 40.6 Å². The number of nitrogens with one attached hydrogen (secondary N) is 3. The molecule has 0 aliphatic carbocycles. The fourth-order valence-corrected chi connectivity index (χ4v) is 2.49. The van der Waals surface area contributed by atoms with E-state index in [4.69, 9.17) is 12.2 Å². The first kappa shape index (κ1) is 19.4. The Kier molecular flexibility index (Phi) is 6.68. The Balaban J connectivity index is 1.89. The Morgan fingerprint density at radius 1 is 1.04 bits per heavy atom. The number of benzene rings is 2. The number of hydrogen-bond acceptors (Lipinski definition) is 4. The largest absolute Gasteiger partial charge is 0.465 e. The van der Waals surface area contributed by atoms with Gasteiger partial charge >= 0.3 is 5.97 Å². The Morgan fingerprint density at radius 2 is 1.69 bits per heavy atom. The van der Waals surface area contributed by atoms with Gasteiger partial charge in [-0.3, -0.25) is 4.79 Å². The van der Waals surface area contributed by atoms with Crippen LogP contribution in [0.4, 0.5) is 11.4 Å². The van der Waals surface area contributed by atoms with Gasteiger partial charge in [0.2, 0.25) is 5.91 Å². The molecule has 1 unspecified atom stereocenters. The summed E-state index contributed by atoms with van der Waals surface area (Å²) in [6, 6.07) is 13.7. The van der Waals surface area contributed by atoms with Crippen LogP contribution in [-0.2, 0) is 9.53 Å². The van der Waals surface area contributed by atoms with Gasteiger partial charge in [0.15, 0.2) is 5.11 Å². The Hall–Kier alpha value is -2.93. The zero-order chi connectivity index (χ0) is 19.1. The predicted octanol–water partition coefficient (Wildman–Crippen LogP) is 3.10. The van der Waals surface area contributed by atoms with Gasteiger partial charge in [-0.2, -0.15) is 0 Å². The maximum Gasteiger partial charge on any atom is 0.337 e. The number of para-hydroxylation sites is 1. The van der Waals surface area contributed by atoms with Crippen LogP contribution in [-0.4, -0.2) is 30.1 Å². The Labute approximate surface area is 157 Å². The lowest BCUT2D eigenvalue weighted by Crippen LogP contribution is -2.43. The summed E-state index contributed by atoms with van der Waals surface area (Å²) >= 11 is 5.24. The number of anilines is 2. The van der Waals surface area contributed by atoms with E-state index < -0.39 is 12.0 Å². The number of aryl methyl sites for hydroxylation is 1. The van der Waals surface area contributed by atoms with Gasteiger partial charge < -0.3 is 20.7 Å². The van der Waals surface area contributed by atoms with Crippen LogP contribution in [0.3, 0.4) is 0 Å². The van der Waals surface area contributed by atoms with E-state index in [1.165, 1.54) is 7.11 Å². The number of thiocarbonyl (C=S) groups is 1. The summed E-state index contributed by atoms with van der Waals surface area (Å²) in [6.07, 6.45) is 0. The molecule has 26 heavy (non-hydrogen) atoms. The molecule has 136 valence electrons. The standard InChI is InChI=1S/C19H21N3O3S/c1-12-6-4-5-7-16(12)22-17(23)13(2)20-19(26)21-15-10-8-14(9-11-15)18(24)25-3/h4-11,13H,1-3H3,(H,22,23)(H2,20,21,26). The van der Waals surface area contributed by atoms with Crippen LogP contribution in [0, 0.1) is 6.92 Å².